The van der Waals surface area contributed by atoms with Gasteiger partial charge in [0.25, 0.3) is 0 Å². The summed E-state index contributed by atoms with van der Waals surface area (Å²) in [6.45, 7) is 3.76. The Labute approximate surface area is 189 Å². The van der Waals surface area contributed by atoms with E-state index in [1.807, 2.05) is 36.4 Å². The lowest BCUT2D eigenvalue weighted by molar-refractivity contribution is -0.139. The van der Waals surface area contributed by atoms with E-state index in [1.54, 1.807) is 11.9 Å². The molecule has 1 atom stereocenters. The van der Waals surface area contributed by atoms with Gasteiger partial charge in [0.1, 0.15) is 6.04 Å². The zero-order chi connectivity index (χ0) is 22.3. The van der Waals surface area contributed by atoms with Gasteiger partial charge in [-0.05, 0) is 37.7 Å². The molecule has 1 aliphatic carbocycles. The van der Waals surface area contributed by atoms with Crippen molar-refractivity contribution >= 4 is 11.8 Å². The number of hydrogen-bond acceptors (Lipinski definition) is 2. The monoisotopic (exact) mass is 426 g/mol. The topological polar surface area (TPSA) is 49.4 Å². The normalized spacial score (nSPS) is 15.6. The summed E-state index contributed by atoms with van der Waals surface area (Å²) in [6, 6.07) is 9.82. The molecule has 0 heterocycles. The molecule has 31 heavy (non-hydrogen) atoms. The van der Waals surface area contributed by atoms with Gasteiger partial charge in [-0.25, -0.2) is 0 Å². The lowest BCUT2D eigenvalue weighted by Crippen LogP contribution is -2.51. The number of hydrogen-bond donors (Lipinski definition) is 1. The van der Waals surface area contributed by atoms with Gasteiger partial charge in [-0.3, -0.25) is 9.59 Å². The standard InChI is InChI=1S/C27H42N2O2/c1-3-4-5-6-7-8-16-21-26(30)29(2)25(22-23-17-12-11-13-18-23)27(31)28-24-19-14-9-10-15-20-24/h3,11-13,17-18,24-25H,1,4-10,14-16,19-22H2,2H3,(H,28,31)/t25-/m0/s1. The predicted octanol–water partition coefficient (Wildman–Crippen LogP) is 5.81. The van der Waals surface area contributed by atoms with Crippen molar-refractivity contribution in [2.75, 3.05) is 7.05 Å². The number of rotatable bonds is 13. The summed E-state index contributed by atoms with van der Waals surface area (Å²) in [5, 5.41) is 3.27. The highest BCUT2D eigenvalue weighted by atomic mass is 16.2. The summed E-state index contributed by atoms with van der Waals surface area (Å²) in [7, 11) is 1.80. The number of carbonyl (C=O) groups is 2. The Bertz CT molecular complexity index is 650. The van der Waals surface area contributed by atoms with E-state index in [4.69, 9.17) is 0 Å². The average Bonchev–Trinajstić information content (AvgIpc) is 3.05. The Hall–Kier alpha value is -2.10. The van der Waals surface area contributed by atoms with Gasteiger partial charge < -0.3 is 10.2 Å². The van der Waals surface area contributed by atoms with Gasteiger partial charge in [0.05, 0.1) is 0 Å². The first-order valence-electron chi connectivity index (χ1n) is 12.3. The van der Waals surface area contributed by atoms with Crippen LogP contribution < -0.4 is 5.32 Å². The first-order valence-corrected chi connectivity index (χ1v) is 12.3. The van der Waals surface area contributed by atoms with Gasteiger partial charge in [-0.2, -0.15) is 0 Å². The molecule has 0 aliphatic heterocycles. The fourth-order valence-electron chi connectivity index (χ4n) is 4.41. The Kier molecular flexibility index (Phi) is 12.0. The van der Waals surface area contributed by atoms with E-state index in [0.717, 1.165) is 44.1 Å². The van der Waals surface area contributed by atoms with Crippen LogP contribution in [0.3, 0.4) is 0 Å². The van der Waals surface area contributed by atoms with E-state index < -0.39 is 6.04 Å². The molecule has 1 N–H and O–H groups in total. The highest BCUT2D eigenvalue weighted by molar-refractivity contribution is 5.88. The van der Waals surface area contributed by atoms with Crippen LogP contribution in [0.15, 0.2) is 43.0 Å². The second-order valence-corrected chi connectivity index (χ2v) is 9.00. The summed E-state index contributed by atoms with van der Waals surface area (Å²) >= 11 is 0. The second kappa shape index (κ2) is 14.8. The Balaban J connectivity index is 1.91. The average molecular weight is 427 g/mol. The quantitative estimate of drug-likeness (QED) is 0.246. The minimum absolute atomic E-state index is 0.00368. The highest BCUT2D eigenvalue weighted by Crippen LogP contribution is 2.18. The maximum absolute atomic E-state index is 13.2. The largest absolute Gasteiger partial charge is 0.352 e. The van der Waals surface area contributed by atoms with Crippen molar-refractivity contribution < 1.29 is 9.59 Å². The third-order valence-electron chi connectivity index (χ3n) is 6.44. The third kappa shape index (κ3) is 9.71. The first kappa shape index (κ1) is 25.2. The van der Waals surface area contributed by atoms with Gasteiger partial charge >= 0.3 is 0 Å². The molecular formula is C27H42N2O2. The van der Waals surface area contributed by atoms with Crippen molar-refractivity contribution in [2.24, 2.45) is 0 Å². The SMILES string of the molecule is C=CCCCCCCCC(=O)N(C)[C@@H](Cc1ccccc1)C(=O)NC1CCCCCC1. The molecule has 1 saturated carbocycles. The van der Waals surface area contributed by atoms with Crippen LogP contribution in [0.2, 0.25) is 0 Å². The number of amides is 2. The molecule has 4 heteroatoms. The number of benzene rings is 1. The van der Waals surface area contributed by atoms with E-state index in [1.165, 1.54) is 38.5 Å². The number of allylic oxidation sites excluding steroid dienone is 1. The smallest absolute Gasteiger partial charge is 0.243 e. The number of unbranched alkanes of at least 4 members (excludes halogenated alkanes) is 5. The van der Waals surface area contributed by atoms with Crippen LogP contribution in [0.4, 0.5) is 0 Å². The van der Waals surface area contributed by atoms with Crippen LogP contribution in [0.1, 0.15) is 89.0 Å². The Morgan fingerprint density at radius 2 is 1.68 bits per heavy atom. The maximum Gasteiger partial charge on any atom is 0.243 e. The molecule has 0 radical (unpaired) electrons. The lowest BCUT2D eigenvalue weighted by atomic mass is 10.0. The van der Waals surface area contributed by atoms with Gasteiger partial charge in [0, 0.05) is 25.9 Å². The number of carbonyl (C=O) groups excluding carboxylic acids is 2. The zero-order valence-corrected chi connectivity index (χ0v) is 19.5. The summed E-state index contributed by atoms with van der Waals surface area (Å²) in [6.07, 6.45) is 16.5. The number of nitrogens with one attached hydrogen (secondary N) is 1. The molecule has 0 unspecified atom stereocenters. The van der Waals surface area contributed by atoms with Crippen LogP contribution >= 0.6 is 0 Å². The molecular weight excluding hydrogens is 384 g/mol. The number of likely N-dealkylation sites (N-methyl/N-ethyl adjacent to an activating group) is 1. The van der Waals surface area contributed by atoms with E-state index in [9.17, 15) is 9.59 Å². The van der Waals surface area contributed by atoms with Crippen molar-refractivity contribution in [3.05, 3.63) is 48.6 Å². The fraction of sp³-hybridized carbons (Fsp3) is 0.630. The summed E-state index contributed by atoms with van der Waals surface area (Å²) in [5.74, 6) is 0.0686. The molecule has 0 spiro atoms. The van der Waals surface area contributed by atoms with Crippen molar-refractivity contribution in [3.8, 4) is 0 Å². The predicted molar refractivity (Wildman–Crippen MR) is 129 cm³/mol. The van der Waals surface area contributed by atoms with Gasteiger partial charge in [0.15, 0.2) is 0 Å². The molecule has 1 aromatic carbocycles. The van der Waals surface area contributed by atoms with Crippen LogP contribution in [0.25, 0.3) is 0 Å². The molecule has 0 aromatic heterocycles. The van der Waals surface area contributed by atoms with Crippen LogP contribution in [-0.4, -0.2) is 35.8 Å². The first-order chi connectivity index (χ1) is 15.1. The molecule has 4 nitrogen and oxygen atoms in total. The Morgan fingerprint density at radius 3 is 2.35 bits per heavy atom. The minimum atomic E-state index is -0.453. The van der Waals surface area contributed by atoms with Crippen molar-refractivity contribution in [1.29, 1.82) is 0 Å². The summed E-state index contributed by atoms with van der Waals surface area (Å²) < 4.78 is 0. The molecule has 0 bridgehead atoms. The van der Waals surface area contributed by atoms with Gasteiger partial charge in [0.2, 0.25) is 11.8 Å². The van der Waals surface area contributed by atoms with Crippen molar-refractivity contribution in [1.82, 2.24) is 10.2 Å². The zero-order valence-electron chi connectivity index (χ0n) is 19.5. The van der Waals surface area contributed by atoms with Crippen LogP contribution in [-0.2, 0) is 16.0 Å². The minimum Gasteiger partial charge on any atom is -0.352 e. The van der Waals surface area contributed by atoms with Crippen molar-refractivity contribution in [3.63, 3.8) is 0 Å². The molecule has 1 aliphatic rings. The molecule has 2 rings (SSSR count). The molecule has 2 amide bonds. The van der Waals surface area contributed by atoms with E-state index in [-0.39, 0.29) is 17.9 Å². The van der Waals surface area contributed by atoms with Gasteiger partial charge in [-0.15, -0.1) is 6.58 Å². The second-order valence-electron chi connectivity index (χ2n) is 9.00. The summed E-state index contributed by atoms with van der Waals surface area (Å²) in [5.41, 5.74) is 1.09. The fourth-order valence-corrected chi connectivity index (χ4v) is 4.41. The van der Waals surface area contributed by atoms with Crippen LogP contribution in [0, 0.1) is 0 Å². The van der Waals surface area contributed by atoms with E-state index in [2.05, 4.69) is 11.9 Å². The summed E-state index contributed by atoms with van der Waals surface area (Å²) in [4.78, 5) is 27.8. The van der Waals surface area contributed by atoms with E-state index in [0.29, 0.717) is 12.8 Å². The number of nitrogens with zero attached hydrogens (tertiary/aromatic N) is 1. The molecule has 1 fully saturated rings. The lowest BCUT2D eigenvalue weighted by Gasteiger charge is -2.29. The molecule has 1 aromatic rings. The van der Waals surface area contributed by atoms with Crippen LogP contribution in [0.5, 0.6) is 0 Å². The molecule has 172 valence electrons. The van der Waals surface area contributed by atoms with Crippen molar-refractivity contribution in [2.45, 2.75) is 102 Å². The highest BCUT2D eigenvalue weighted by Gasteiger charge is 2.28. The Morgan fingerprint density at radius 1 is 1.03 bits per heavy atom. The third-order valence-corrected chi connectivity index (χ3v) is 6.44. The van der Waals surface area contributed by atoms with E-state index >= 15 is 0 Å². The molecule has 0 saturated heterocycles. The van der Waals surface area contributed by atoms with Gasteiger partial charge in [-0.1, -0.05) is 81.4 Å². The maximum atomic E-state index is 13.2.